The molecular weight excluding hydrogens is 351 g/mol. The number of halogens is 3. The van der Waals surface area contributed by atoms with E-state index < -0.39 is 47.2 Å². The molecule has 1 saturated heterocycles. The van der Waals surface area contributed by atoms with Crippen molar-refractivity contribution >= 4 is 17.8 Å². The van der Waals surface area contributed by atoms with E-state index in [1.54, 1.807) is 20.8 Å². The molecule has 1 fully saturated rings. The molecule has 142 valence electrons. The van der Waals surface area contributed by atoms with E-state index in [2.05, 4.69) is 10.6 Å². The van der Waals surface area contributed by atoms with E-state index >= 15 is 0 Å². The average molecular weight is 371 g/mol. The zero-order chi connectivity index (χ0) is 19.9. The molecule has 0 aliphatic carbocycles. The Morgan fingerprint density at radius 3 is 2.31 bits per heavy atom. The number of nitrogens with one attached hydrogen (secondary N) is 2. The molecule has 0 spiro atoms. The Morgan fingerprint density at radius 1 is 1.19 bits per heavy atom. The Labute approximate surface area is 148 Å². The molecule has 1 aromatic carbocycles. The summed E-state index contributed by atoms with van der Waals surface area (Å²) in [6, 6.07) is 3.61. The molecule has 4 amide bonds. The number of amides is 4. The minimum atomic E-state index is -4.69. The zero-order valence-electron chi connectivity index (χ0n) is 14.8. The Morgan fingerprint density at radius 2 is 1.77 bits per heavy atom. The van der Waals surface area contributed by atoms with Gasteiger partial charge >= 0.3 is 12.2 Å². The third-order valence-electron chi connectivity index (χ3n) is 3.86. The van der Waals surface area contributed by atoms with Crippen LogP contribution in [0.3, 0.4) is 0 Å². The Bertz CT molecular complexity index is 756. The second-order valence-electron chi connectivity index (χ2n) is 7.29. The van der Waals surface area contributed by atoms with Crippen molar-refractivity contribution in [1.29, 1.82) is 0 Å². The Balaban J connectivity index is 2.35. The van der Waals surface area contributed by atoms with Crippen LogP contribution in [0.4, 0.5) is 18.0 Å². The highest BCUT2D eigenvalue weighted by molar-refractivity contribution is 6.09. The summed E-state index contributed by atoms with van der Waals surface area (Å²) in [5, 5.41) is 4.88. The summed E-state index contributed by atoms with van der Waals surface area (Å²) in [5.74, 6) is -1.50. The summed E-state index contributed by atoms with van der Waals surface area (Å²) in [6.07, 6.45) is -4.69. The van der Waals surface area contributed by atoms with Gasteiger partial charge in [-0.25, -0.2) is 4.79 Å². The molecule has 1 aliphatic rings. The van der Waals surface area contributed by atoms with Crippen molar-refractivity contribution in [2.24, 2.45) is 0 Å². The van der Waals surface area contributed by atoms with Gasteiger partial charge in [-0.05, 0) is 39.3 Å². The van der Waals surface area contributed by atoms with E-state index in [9.17, 15) is 27.6 Å². The minimum Gasteiger partial charge on any atom is -0.350 e. The van der Waals surface area contributed by atoms with Gasteiger partial charge in [0.25, 0.3) is 5.91 Å². The first kappa shape index (κ1) is 19.7. The van der Waals surface area contributed by atoms with Crippen molar-refractivity contribution in [3.8, 4) is 0 Å². The molecule has 0 saturated carbocycles. The second-order valence-corrected chi connectivity index (χ2v) is 7.29. The molecule has 1 aromatic rings. The van der Waals surface area contributed by atoms with Crippen LogP contribution in [-0.2, 0) is 21.3 Å². The summed E-state index contributed by atoms with van der Waals surface area (Å²) >= 11 is 0. The van der Waals surface area contributed by atoms with Crippen molar-refractivity contribution in [3.63, 3.8) is 0 Å². The lowest BCUT2D eigenvalue weighted by Gasteiger charge is -2.26. The predicted molar refractivity (Wildman–Crippen MR) is 86.9 cm³/mol. The van der Waals surface area contributed by atoms with Crippen molar-refractivity contribution in [3.05, 3.63) is 35.4 Å². The lowest BCUT2D eigenvalue weighted by molar-refractivity contribution is -0.140. The fraction of sp³-hybridized carbons (Fsp3) is 0.471. The normalized spacial score (nSPS) is 21.0. The smallest absolute Gasteiger partial charge is 0.350 e. The quantitative estimate of drug-likeness (QED) is 0.801. The van der Waals surface area contributed by atoms with E-state index in [4.69, 9.17) is 0 Å². The first-order valence-corrected chi connectivity index (χ1v) is 7.87. The van der Waals surface area contributed by atoms with Crippen LogP contribution >= 0.6 is 0 Å². The maximum absolute atomic E-state index is 13.3. The molecule has 2 N–H and O–H groups in total. The largest absolute Gasteiger partial charge is 0.416 e. The topological polar surface area (TPSA) is 78.5 Å². The second kappa shape index (κ2) is 6.30. The Kier molecular flexibility index (Phi) is 4.78. The molecule has 1 aliphatic heterocycles. The lowest BCUT2D eigenvalue weighted by atomic mass is 9.87. The van der Waals surface area contributed by atoms with E-state index in [-0.39, 0.29) is 5.56 Å². The number of alkyl halides is 3. The maximum atomic E-state index is 13.3. The number of imide groups is 1. The summed E-state index contributed by atoms with van der Waals surface area (Å²) in [4.78, 5) is 37.5. The van der Waals surface area contributed by atoms with Crippen LogP contribution in [-0.4, -0.2) is 34.8 Å². The van der Waals surface area contributed by atoms with Gasteiger partial charge in [0.15, 0.2) is 0 Å². The fourth-order valence-electron chi connectivity index (χ4n) is 2.79. The van der Waals surface area contributed by atoms with Crippen LogP contribution in [0.25, 0.3) is 0 Å². The Hall–Kier alpha value is -2.58. The molecule has 6 nitrogen and oxygen atoms in total. The minimum absolute atomic E-state index is 0.371. The van der Waals surface area contributed by atoms with Crippen molar-refractivity contribution in [2.45, 2.75) is 44.9 Å². The van der Waals surface area contributed by atoms with Crippen LogP contribution in [0.1, 0.15) is 38.8 Å². The summed E-state index contributed by atoms with van der Waals surface area (Å²) in [6.45, 7) is 5.78. The highest BCUT2D eigenvalue weighted by Crippen LogP contribution is 2.39. The van der Waals surface area contributed by atoms with Crippen molar-refractivity contribution in [1.82, 2.24) is 15.5 Å². The van der Waals surface area contributed by atoms with Crippen LogP contribution in [0, 0.1) is 0 Å². The van der Waals surface area contributed by atoms with Gasteiger partial charge in [-0.2, -0.15) is 13.2 Å². The van der Waals surface area contributed by atoms with E-state index in [0.717, 1.165) is 12.1 Å². The van der Waals surface area contributed by atoms with Gasteiger partial charge in [-0.15, -0.1) is 0 Å². The van der Waals surface area contributed by atoms with E-state index in [1.165, 1.54) is 19.1 Å². The van der Waals surface area contributed by atoms with Gasteiger partial charge < -0.3 is 10.6 Å². The summed E-state index contributed by atoms with van der Waals surface area (Å²) < 4.78 is 39.9. The average Bonchev–Trinajstić information content (AvgIpc) is 2.69. The molecule has 0 aromatic heterocycles. The van der Waals surface area contributed by atoms with Crippen molar-refractivity contribution in [2.75, 3.05) is 6.54 Å². The van der Waals surface area contributed by atoms with Gasteiger partial charge in [0, 0.05) is 5.54 Å². The number of carbonyl (C=O) groups is 3. The number of hydrogen-bond acceptors (Lipinski definition) is 3. The standard InChI is InChI=1S/C17H20F3N3O3/c1-15(2,3)21-12(24)9-23-13(25)16(4,22-14(23)26)10-7-5-6-8-11(10)17(18,19)20/h5-8H,9H2,1-4H3,(H,21,24)(H,22,26)/t16-/m1/s1. The molecule has 2 rings (SSSR count). The first-order chi connectivity index (χ1) is 11.8. The highest BCUT2D eigenvalue weighted by atomic mass is 19.4. The molecule has 1 heterocycles. The van der Waals surface area contributed by atoms with Crippen molar-refractivity contribution < 1.29 is 27.6 Å². The van der Waals surface area contributed by atoms with Gasteiger partial charge in [0.1, 0.15) is 12.1 Å². The maximum Gasteiger partial charge on any atom is 0.416 e. The van der Waals surface area contributed by atoms with E-state index in [0.29, 0.717) is 4.90 Å². The molecule has 0 bridgehead atoms. The third kappa shape index (κ3) is 3.81. The first-order valence-electron chi connectivity index (χ1n) is 7.87. The number of rotatable bonds is 3. The molecule has 9 heteroatoms. The molecule has 0 unspecified atom stereocenters. The van der Waals surface area contributed by atoms with Crippen LogP contribution < -0.4 is 10.6 Å². The number of urea groups is 1. The van der Waals surface area contributed by atoms with Gasteiger partial charge in [0.05, 0.1) is 5.56 Å². The number of hydrogen-bond donors (Lipinski definition) is 2. The van der Waals surface area contributed by atoms with Gasteiger partial charge in [-0.3, -0.25) is 14.5 Å². The van der Waals surface area contributed by atoms with Crippen LogP contribution in [0.5, 0.6) is 0 Å². The molecule has 0 radical (unpaired) electrons. The molecular formula is C17H20F3N3O3. The monoisotopic (exact) mass is 371 g/mol. The SMILES string of the molecule is CC(C)(C)NC(=O)CN1C(=O)N[C@](C)(c2ccccc2C(F)(F)F)C1=O. The summed E-state index contributed by atoms with van der Waals surface area (Å²) in [7, 11) is 0. The number of carbonyl (C=O) groups excluding carboxylic acids is 3. The lowest BCUT2D eigenvalue weighted by Crippen LogP contribution is -2.48. The van der Waals surface area contributed by atoms with E-state index in [1.807, 2.05) is 0 Å². The van der Waals surface area contributed by atoms with Crippen LogP contribution in [0.15, 0.2) is 24.3 Å². The fourth-order valence-corrected chi connectivity index (χ4v) is 2.79. The predicted octanol–water partition coefficient (Wildman–Crippen LogP) is 2.39. The number of nitrogens with zero attached hydrogens (tertiary/aromatic N) is 1. The summed E-state index contributed by atoms with van der Waals surface area (Å²) in [5.41, 5.74) is -3.88. The van der Waals surface area contributed by atoms with Crippen LogP contribution in [0.2, 0.25) is 0 Å². The highest BCUT2D eigenvalue weighted by Gasteiger charge is 2.52. The molecule has 1 atom stereocenters. The molecule has 26 heavy (non-hydrogen) atoms. The number of benzene rings is 1. The van der Waals surface area contributed by atoms with Gasteiger partial charge in [-0.1, -0.05) is 18.2 Å². The third-order valence-corrected chi connectivity index (χ3v) is 3.86. The van der Waals surface area contributed by atoms with Gasteiger partial charge in [0.2, 0.25) is 5.91 Å². The zero-order valence-corrected chi connectivity index (χ0v) is 14.8.